The lowest BCUT2D eigenvalue weighted by molar-refractivity contribution is 0.579. The van der Waals surface area contributed by atoms with Crippen LogP contribution in [0.1, 0.15) is 0 Å². The normalized spacial score (nSPS) is 11.4. The minimum absolute atomic E-state index is 0.0477. The second kappa shape index (κ2) is 5.78. The maximum Gasteiger partial charge on any atom is 0.264 e. The van der Waals surface area contributed by atoms with Gasteiger partial charge in [0, 0.05) is 11.1 Å². The number of nitrogens with two attached hydrogens (primary N) is 1. The Kier molecular flexibility index (Phi) is 4.40. The summed E-state index contributed by atoms with van der Waals surface area (Å²) in [5.41, 5.74) is 5.12. The predicted molar refractivity (Wildman–Crippen MR) is 80.7 cm³/mol. The second-order valence-corrected chi connectivity index (χ2v) is 6.98. The van der Waals surface area contributed by atoms with E-state index in [1.807, 2.05) is 4.72 Å². The van der Waals surface area contributed by atoms with Gasteiger partial charge in [0.15, 0.2) is 0 Å². The molecule has 0 unspecified atom stereocenters. The highest BCUT2D eigenvalue weighted by Gasteiger charge is 2.20. The molecule has 0 amide bonds. The fourth-order valence-electron chi connectivity index (χ4n) is 1.54. The fourth-order valence-corrected chi connectivity index (χ4v) is 3.34. The molecule has 9 heteroatoms. The Hall–Kier alpha value is -1.38. The molecule has 3 N–H and O–H groups in total. The van der Waals surface area contributed by atoms with Gasteiger partial charge in [-0.2, -0.15) is 0 Å². The van der Waals surface area contributed by atoms with Crippen LogP contribution in [0.25, 0.3) is 0 Å². The summed E-state index contributed by atoms with van der Waals surface area (Å²) in [5.74, 6) is -1.91. The van der Waals surface area contributed by atoms with Gasteiger partial charge in [-0.1, -0.05) is 11.6 Å². The lowest BCUT2D eigenvalue weighted by atomic mass is 10.3. The second-order valence-electron chi connectivity index (χ2n) is 4.03. The molecule has 0 bridgehead atoms. The monoisotopic (exact) mass is 396 g/mol. The number of benzene rings is 2. The lowest BCUT2D eigenvalue weighted by Gasteiger charge is -2.11. The number of hydrogen-bond acceptors (Lipinski definition) is 3. The zero-order valence-electron chi connectivity index (χ0n) is 10.2. The summed E-state index contributed by atoms with van der Waals surface area (Å²) in [6.07, 6.45) is 0. The summed E-state index contributed by atoms with van der Waals surface area (Å²) in [7, 11) is -4.16. The van der Waals surface area contributed by atoms with Gasteiger partial charge in [-0.3, -0.25) is 4.72 Å². The summed E-state index contributed by atoms with van der Waals surface area (Å²) in [4.78, 5) is -0.296. The highest BCUT2D eigenvalue weighted by atomic mass is 79.9. The van der Waals surface area contributed by atoms with Crippen molar-refractivity contribution in [1.82, 2.24) is 0 Å². The first-order chi connectivity index (χ1) is 9.70. The minimum Gasteiger partial charge on any atom is -0.398 e. The summed E-state index contributed by atoms with van der Waals surface area (Å²) in [5, 5.41) is 0.158. The first kappa shape index (κ1) is 16.0. The molecule has 2 aromatic rings. The van der Waals surface area contributed by atoms with Crippen LogP contribution in [-0.4, -0.2) is 8.42 Å². The molecule has 21 heavy (non-hydrogen) atoms. The van der Waals surface area contributed by atoms with Crippen molar-refractivity contribution in [2.45, 2.75) is 4.90 Å². The molecule has 0 saturated carbocycles. The molecule has 0 heterocycles. The van der Waals surface area contributed by atoms with E-state index < -0.39 is 27.3 Å². The Morgan fingerprint density at radius 3 is 2.48 bits per heavy atom. The number of anilines is 2. The Morgan fingerprint density at radius 1 is 1.14 bits per heavy atom. The van der Waals surface area contributed by atoms with Gasteiger partial charge in [0.25, 0.3) is 10.0 Å². The van der Waals surface area contributed by atoms with Crippen LogP contribution in [0, 0.1) is 11.6 Å². The van der Waals surface area contributed by atoms with Crippen molar-refractivity contribution in [2.75, 3.05) is 10.5 Å². The summed E-state index contributed by atoms with van der Waals surface area (Å²) < 4.78 is 53.1. The Balaban J connectivity index is 2.47. The van der Waals surface area contributed by atoms with Crippen molar-refractivity contribution in [3.8, 4) is 0 Å². The molecule has 0 saturated heterocycles. The number of hydrogen-bond donors (Lipinski definition) is 2. The van der Waals surface area contributed by atoms with Crippen molar-refractivity contribution < 1.29 is 17.2 Å². The highest BCUT2D eigenvalue weighted by molar-refractivity contribution is 9.10. The van der Waals surface area contributed by atoms with Gasteiger partial charge in [-0.25, -0.2) is 17.2 Å². The standard InChI is InChI=1S/C12H8BrClF2N2O2S/c13-7-4-11(9(16)5-8(7)15)18-21(19,20)12-3-6(14)1-2-10(12)17/h1-5,18H,17H2. The Morgan fingerprint density at radius 2 is 1.81 bits per heavy atom. The first-order valence-corrected chi connectivity index (χ1v) is 8.08. The highest BCUT2D eigenvalue weighted by Crippen LogP contribution is 2.28. The average molecular weight is 398 g/mol. The van der Waals surface area contributed by atoms with Crippen LogP contribution >= 0.6 is 27.5 Å². The topological polar surface area (TPSA) is 72.2 Å². The SMILES string of the molecule is Nc1ccc(Cl)cc1S(=O)(=O)Nc1cc(Br)c(F)cc1F. The molecule has 2 aromatic carbocycles. The maximum absolute atomic E-state index is 13.6. The van der Waals surface area contributed by atoms with Gasteiger partial charge in [0.2, 0.25) is 0 Å². The van der Waals surface area contributed by atoms with Gasteiger partial charge in [0.05, 0.1) is 15.8 Å². The third-order valence-corrected chi connectivity index (χ3v) is 4.78. The minimum atomic E-state index is -4.16. The fraction of sp³-hybridized carbons (Fsp3) is 0. The van der Waals surface area contributed by atoms with Gasteiger partial charge >= 0.3 is 0 Å². The third-order valence-electron chi connectivity index (χ3n) is 2.52. The van der Waals surface area contributed by atoms with E-state index in [0.717, 1.165) is 12.1 Å². The van der Waals surface area contributed by atoms with Gasteiger partial charge < -0.3 is 5.73 Å². The first-order valence-electron chi connectivity index (χ1n) is 5.43. The van der Waals surface area contributed by atoms with E-state index >= 15 is 0 Å². The molecule has 0 fully saturated rings. The van der Waals surface area contributed by atoms with Crippen LogP contribution in [0.4, 0.5) is 20.2 Å². The van der Waals surface area contributed by atoms with Crippen molar-refractivity contribution in [2.24, 2.45) is 0 Å². The molecule has 0 radical (unpaired) electrons. The number of nitrogen functional groups attached to an aromatic ring is 1. The number of halogens is 4. The summed E-state index contributed by atoms with van der Waals surface area (Å²) >= 11 is 8.57. The van der Waals surface area contributed by atoms with Crippen molar-refractivity contribution in [3.05, 3.63) is 51.5 Å². The Bertz CT molecular complexity index is 815. The van der Waals surface area contributed by atoms with Gasteiger partial charge in [-0.05, 0) is 40.2 Å². The molecule has 4 nitrogen and oxygen atoms in total. The average Bonchev–Trinajstić information content (AvgIpc) is 2.38. The summed E-state index contributed by atoms with van der Waals surface area (Å²) in [6.45, 7) is 0. The molecule has 0 spiro atoms. The zero-order valence-corrected chi connectivity index (χ0v) is 13.4. The molecular formula is C12H8BrClF2N2O2S. The van der Waals surface area contributed by atoms with Crippen molar-refractivity contribution >= 4 is 48.9 Å². The smallest absolute Gasteiger partial charge is 0.264 e. The molecule has 0 aliphatic carbocycles. The maximum atomic E-state index is 13.6. The van der Waals surface area contributed by atoms with Crippen LogP contribution in [0.3, 0.4) is 0 Å². The number of sulfonamides is 1. The van der Waals surface area contributed by atoms with E-state index in [1.165, 1.54) is 12.1 Å². The summed E-state index contributed by atoms with van der Waals surface area (Å²) in [6, 6.07) is 5.40. The Labute approximate surface area is 133 Å². The molecule has 0 aliphatic heterocycles. The van der Waals surface area contributed by atoms with E-state index in [2.05, 4.69) is 15.9 Å². The van der Waals surface area contributed by atoms with Gasteiger partial charge in [-0.15, -0.1) is 0 Å². The van der Waals surface area contributed by atoms with Crippen LogP contribution < -0.4 is 10.5 Å². The molecular weight excluding hydrogens is 390 g/mol. The van der Waals surface area contributed by atoms with E-state index in [-0.39, 0.29) is 20.1 Å². The van der Waals surface area contributed by atoms with E-state index in [4.69, 9.17) is 17.3 Å². The molecule has 0 aromatic heterocycles. The zero-order chi connectivity index (χ0) is 15.8. The molecule has 2 rings (SSSR count). The van der Waals surface area contributed by atoms with E-state index in [1.54, 1.807) is 0 Å². The van der Waals surface area contributed by atoms with E-state index in [9.17, 15) is 17.2 Å². The molecule has 0 atom stereocenters. The number of nitrogens with one attached hydrogen (secondary N) is 1. The third kappa shape index (κ3) is 3.45. The van der Waals surface area contributed by atoms with Crippen LogP contribution in [0.2, 0.25) is 5.02 Å². The van der Waals surface area contributed by atoms with E-state index in [0.29, 0.717) is 6.07 Å². The number of rotatable bonds is 3. The molecule has 0 aliphatic rings. The lowest BCUT2D eigenvalue weighted by Crippen LogP contribution is -2.16. The van der Waals surface area contributed by atoms with Crippen LogP contribution in [-0.2, 0) is 10.0 Å². The molecule has 112 valence electrons. The predicted octanol–water partition coefficient (Wildman–Crippen LogP) is 3.76. The van der Waals surface area contributed by atoms with Crippen molar-refractivity contribution in [1.29, 1.82) is 0 Å². The van der Waals surface area contributed by atoms with Crippen LogP contribution in [0.15, 0.2) is 39.7 Å². The van der Waals surface area contributed by atoms with Gasteiger partial charge in [0.1, 0.15) is 16.5 Å². The van der Waals surface area contributed by atoms with Crippen LogP contribution in [0.5, 0.6) is 0 Å². The quantitative estimate of drug-likeness (QED) is 0.612. The van der Waals surface area contributed by atoms with Crippen molar-refractivity contribution in [3.63, 3.8) is 0 Å². The largest absolute Gasteiger partial charge is 0.398 e.